The number of nitrogens with one attached hydrogen (secondary N) is 2. The third-order valence-corrected chi connectivity index (χ3v) is 6.47. The summed E-state index contributed by atoms with van der Waals surface area (Å²) in [4.78, 5) is 35.8. The SMILES string of the molecule is C.CC(C)(C)OC(=O)N1C[C@@H]2C[C@H]1CN2.C[Si](C)(C)N=CC=O.Cl.Cl.NC(=O)N1C[C@@H]2C[C@H]1CN2.P. The number of piperazine rings is 2. The normalized spacial score (nSPS) is 25.1. The van der Waals surface area contributed by atoms with E-state index in [0.717, 1.165) is 45.3 Å². The van der Waals surface area contributed by atoms with Gasteiger partial charge in [0.25, 0.3) is 0 Å². The minimum Gasteiger partial charge on any atom is -0.444 e. The van der Waals surface area contributed by atoms with Gasteiger partial charge in [-0.2, -0.15) is 9.90 Å². The Hall–Kier alpha value is -0.973. The van der Waals surface area contributed by atoms with Gasteiger partial charge >= 0.3 is 12.1 Å². The van der Waals surface area contributed by atoms with Gasteiger partial charge in [0.15, 0.2) is 14.5 Å². The van der Waals surface area contributed by atoms with Crippen molar-refractivity contribution in [3.05, 3.63) is 0 Å². The monoisotopic (exact) mass is 590 g/mol. The van der Waals surface area contributed by atoms with E-state index >= 15 is 0 Å². The van der Waals surface area contributed by atoms with Gasteiger partial charge in [0, 0.05) is 50.3 Å². The van der Waals surface area contributed by atoms with E-state index in [4.69, 9.17) is 10.5 Å². The maximum absolute atomic E-state index is 11.7. The van der Waals surface area contributed by atoms with Crippen molar-refractivity contribution in [1.82, 2.24) is 20.4 Å². The quantitative estimate of drug-likeness (QED) is 0.196. The molecule has 0 aliphatic carbocycles. The number of fused-ring (bicyclic) bond motifs is 4. The number of halogens is 2. The molecule has 5 atom stereocenters. The van der Waals surface area contributed by atoms with Gasteiger partial charge in [-0.15, -0.1) is 24.8 Å². The molecule has 4 bridgehead atoms. The molecule has 0 saturated carbocycles. The third-order valence-electron chi connectivity index (χ3n) is 5.55. The number of urea groups is 1. The van der Waals surface area contributed by atoms with E-state index in [1.165, 1.54) is 6.21 Å². The number of amides is 3. The molecule has 4 rings (SSSR count). The number of ether oxygens (including phenoxy) is 1. The number of likely N-dealkylation sites (tertiary alicyclic amines) is 2. The highest BCUT2D eigenvalue weighted by molar-refractivity contribution is 6.92. The highest BCUT2D eigenvalue weighted by atomic mass is 35.5. The van der Waals surface area contributed by atoms with Crippen LogP contribution in [0, 0.1) is 0 Å². The van der Waals surface area contributed by atoms with Crippen molar-refractivity contribution in [2.75, 3.05) is 26.2 Å². The van der Waals surface area contributed by atoms with E-state index in [1.807, 2.05) is 25.7 Å². The summed E-state index contributed by atoms with van der Waals surface area (Å²) in [5, 5.41) is 6.65. The van der Waals surface area contributed by atoms with Crippen molar-refractivity contribution >= 4 is 67.6 Å². The molecule has 0 aromatic heterocycles. The Bertz CT molecular complexity index is 724. The van der Waals surface area contributed by atoms with E-state index in [2.05, 4.69) is 34.9 Å². The zero-order valence-electron chi connectivity index (χ0n) is 21.8. The number of nitrogens with two attached hydrogens (primary N) is 1. The molecule has 4 aliphatic rings. The average Bonchev–Trinajstić information content (AvgIpc) is 3.46. The van der Waals surface area contributed by atoms with Crippen LogP contribution in [-0.4, -0.2) is 98.6 Å². The lowest BCUT2D eigenvalue weighted by atomic mass is 10.2. The molecule has 4 fully saturated rings. The van der Waals surface area contributed by atoms with E-state index in [0.29, 0.717) is 24.2 Å². The number of primary amides is 1. The van der Waals surface area contributed by atoms with Crippen molar-refractivity contribution in [1.29, 1.82) is 0 Å². The summed E-state index contributed by atoms with van der Waals surface area (Å²) >= 11 is 0. The molecule has 4 N–H and O–H groups in total. The lowest BCUT2D eigenvalue weighted by Crippen LogP contribution is -2.48. The van der Waals surface area contributed by atoms with Crippen molar-refractivity contribution < 1.29 is 19.1 Å². The highest BCUT2D eigenvalue weighted by Gasteiger charge is 2.42. The van der Waals surface area contributed by atoms with Crippen LogP contribution in [0.5, 0.6) is 0 Å². The molecular weight excluding hydrogens is 542 g/mol. The molecule has 14 heteroatoms. The van der Waals surface area contributed by atoms with Crippen LogP contribution in [0.2, 0.25) is 19.6 Å². The predicted octanol–water partition coefficient (Wildman–Crippen LogP) is 2.71. The van der Waals surface area contributed by atoms with Crippen LogP contribution in [-0.2, 0) is 9.53 Å². The first-order valence-corrected chi connectivity index (χ1v) is 14.7. The lowest BCUT2D eigenvalue weighted by Gasteiger charge is -2.30. The molecule has 4 heterocycles. The van der Waals surface area contributed by atoms with E-state index in [-0.39, 0.29) is 59.9 Å². The summed E-state index contributed by atoms with van der Waals surface area (Å²) in [6.45, 7) is 15.4. The molecule has 1 unspecified atom stereocenters. The fraction of sp³-hybridized carbons (Fsp3) is 0.818. The Morgan fingerprint density at radius 2 is 1.44 bits per heavy atom. The van der Waals surface area contributed by atoms with Crippen LogP contribution < -0.4 is 16.4 Å². The standard InChI is InChI=1S/C10H18N2O2.C6H11N3O.C5H11NOSi.CH4.2ClH.H3P/c1-10(2,3)14-9(13)12-6-7-4-8(12)5-11-7;7-6(10)9-3-4-1-5(9)2-8-4;1-8(2,3)6-4-5-7;;;;/h7-8,11H,4-6H2,1-3H3;4-5,8H,1-3H2,(H2,7,10);4-5H,1-3H3;1H4;2*1H;1H3/t7-,8-;4-,5-;;;;;/m00...../s1. The summed E-state index contributed by atoms with van der Waals surface area (Å²) in [7, 11) is -1.34. The number of carbonyl (C=O) groups is 3. The van der Waals surface area contributed by atoms with Gasteiger partial charge in [-0.25, -0.2) is 9.59 Å². The molecule has 214 valence electrons. The Balaban J connectivity index is -0.000000447. The van der Waals surface area contributed by atoms with Gasteiger partial charge in [-0.1, -0.05) is 7.43 Å². The van der Waals surface area contributed by atoms with Gasteiger partial charge in [-0.05, 0) is 53.3 Å². The summed E-state index contributed by atoms with van der Waals surface area (Å²) in [5.74, 6) is 0. The second-order valence-electron chi connectivity index (χ2n) is 10.7. The van der Waals surface area contributed by atoms with Crippen molar-refractivity contribution in [3.8, 4) is 0 Å². The molecule has 3 amide bonds. The molecule has 10 nitrogen and oxygen atoms in total. The first-order valence-electron chi connectivity index (χ1n) is 11.3. The Labute approximate surface area is 233 Å². The largest absolute Gasteiger partial charge is 0.444 e. The number of carbonyl (C=O) groups excluding carboxylic acids is 3. The Morgan fingerprint density at radius 3 is 1.67 bits per heavy atom. The smallest absolute Gasteiger partial charge is 0.410 e. The highest BCUT2D eigenvalue weighted by Crippen LogP contribution is 2.25. The van der Waals surface area contributed by atoms with Gasteiger partial charge in [0.2, 0.25) is 0 Å². The van der Waals surface area contributed by atoms with Crippen LogP contribution in [0.1, 0.15) is 41.0 Å². The summed E-state index contributed by atoms with van der Waals surface area (Å²) in [6.07, 6.45) is 4.07. The molecule has 0 aromatic carbocycles. The molecule has 4 aliphatic heterocycles. The van der Waals surface area contributed by atoms with Crippen LogP contribution in [0.3, 0.4) is 0 Å². The number of nitrogens with zero attached hydrogens (tertiary/aromatic N) is 3. The number of aldehydes is 1. The minimum atomic E-state index is -1.34. The zero-order valence-corrected chi connectivity index (χ0v) is 25.8. The fourth-order valence-electron chi connectivity index (χ4n) is 4.19. The number of hydrogen-bond acceptors (Lipinski definition) is 7. The Kier molecular flexibility index (Phi) is 18.4. The summed E-state index contributed by atoms with van der Waals surface area (Å²) in [6, 6.07) is 1.47. The van der Waals surface area contributed by atoms with Crippen LogP contribution in [0.4, 0.5) is 9.59 Å². The van der Waals surface area contributed by atoms with Crippen molar-refractivity contribution in [2.24, 2.45) is 10.4 Å². The topological polar surface area (TPSA) is 129 Å². The van der Waals surface area contributed by atoms with Crippen LogP contribution in [0.15, 0.2) is 4.66 Å². The molecule has 0 aromatic rings. The second kappa shape index (κ2) is 16.8. The van der Waals surface area contributed by atoms with E-state index in [9.17, 15) is 14.4 Å². The summed E-state index contributed by atoms with van der Waals surface area (Å²) in [5.41, 5.74) is 4.76. The Morgan fingerprint density at radius 1 is 1.00 bits per heavy atom. The first-order chi connectivity index (χ1) is 14.8. The third kappa shape index (κ3) is 13.0. The zero-order chi connectivity index (χ0) is 24.1. The molecule has 4 saturated heterocycles. The van der Waals surface area contributed by atoms with Gasteiger partial charge in [-0.3, -0.25) is 4.79 Å². The van der Waals surface area contributed by atoms with E-state index in [1.54, 1.807) is 4.90 Å². The molecule has 0 radical (unpaired) electrons. The number of hydrogen-bond donors (Lipinski definition) is 3. The van der Waals surface area contributed by atoms with Gasteiger partial charge < -0.3 is 35.6 Å². The average molecular weight is 592 g/mol. The van der Waals surface area contributed by atoms with Crippen molar-refractivity contribution in [2.45, 2.75) is 90.4 Å². The van der Waals surface area contributed by atoms with E-state index < -0.39 is 8.24 Å². The molecule has 36 heavy (non-hydrogen) atoms. The number of rotatable bonds is 2. The maximum atomic E-state index is 11.7. The fourth-order valence-corrected chi connectivity index (χ4v) is 4.70. The first kappa shape index (κ1) is 39.5. The van der Waals surface area contributed by atoms with Crippen molar-refractivity contribution in [3.63, 3.8) is 0 Å². The molecular formula is C22H49Cl2N6O4PSi. The minimum absolute atomic E-state index is 0. The summed E-state index contributed by atoms with van der Waals surface area (Å²) < 4.78 is 9.35. The molecule has 0 spiro atoms. The van der Waals surface area contributed by atoms with Gasteiger partial charge in [0.1, 0.15) is 5.60 Å². The maximum Gasteiger partial charge on any atom is 0.410 e. The predicted molar refractivity (Wildman–Crippen MR) is 160 cm³/mol. The second-order valence-corrected chi connectivity index (χ2v) is 15.3. The lowest BCUT2D eigenvalue weighted by molar-refractivity contribution is -0.102. The van der Waals surface area contributed by atoms with Gasteiger partial charge in [0.05, 0.1) is 6.21 Å². The van der Waals surface area contributed by atoms with Crippen LogP contribution in [0.25, 0.3) is 0 Å². The van der Waals surface area contributed by atoms with Crippen LogP contribution >= 0.6 is 34.7 Å².